The van der Waals surface area contributed by atoms with Crippen molar-refractivity contribution in [2.45, 2.75) is 132 Å². The lowest BCUT2D eigenvalue weighted by molar-refractivity contribution is -0.167. The van der Waals surface area contributed by atoms with Gasteiger partial charge in [0, 0.05) is 25.0 Å². The molecule has 0 fully saturated rings. The molecule has 0 saturated heterocycles. The van der Waals surface area contributed by atoms with Crippen LogP contribution in [0.15, 0.2) is 12.2 Å². The quantitative estimate of drug-likeness (QED) is 0.0244. The molecular weight excluding hydrogens is 1090 g/mol. The van der Waals surface area contributed by atoms with E-state index in [1.807, 2.05) is 12.2 Å². The summed E-state index contributed by atoms with van der Waals surface area (Å²) < 4.78 is 43.4. The summed E-state index contributed by atoms with van der Waals surface area (Å²) in [6, 6.07) is 0. The molecule has 0 saturated carbocycles. The number of aromatic nitrogens is 1. The highest BCUT2D eigenvalue weighted by Crippen LogP contribution is 2.54. The maximum atomic E-state index is 13.7. The van der Waals surface area contributed by atoms with Gasteiger partial charge in [0.2, 0.25) is 11.8 Å². The van der Waals surface area contributed by atoms with Crippen molar-refractivity contribution in [2.75, 3.05) is 72.5 Å². The van der Waals surface area contributed by atoms with E-state index in [4.69, 9.17) is 37.9 Å². The second kappa shape index (κ2) is 23.7. The van der Waals surface area contributed by atoms with Gasteiger partial charge >= 0.3 is 17.9 Å². The highest BCUT2D eigenvalue weighted by molar-refractivity contribution is 9.10. The molecule has 1 aromatic rings. The Bertz CT molecular complexity index is 1830. The number of ether oxygens (including phenoxy) is 8. The standard InChI is InChI=1S/C45H69Br3N4O16/c1-39(2,46)36(58)66-42(7,8)33(55)49-23-45(24-50-34(56)43(9,10)67-37(59)40(3,4)47,25-51-35(57)44(11,12)68-38(60)41(5,6)48)26-64-22-21-63-20-19-62-18-17-61-16-15-52-31(53)29-27-13-14-28(65-27)30(29)32(52)54/h13-14,27-28,53-54H,15-26H2,1-12H3,(H,49,55)(H,50,56)(H,51,57). The zero-order valence-electron chi connectivity index (χ0n) is 41.0. The van der Waals surface area contributed by atoms with Crippen LogP contribution in [0, 0.1) is 5.41 Å². The lowest BCUT2D eigenvalue weighted by Crippen LogP contribution is -2.60. The number of alkyl halides is 3. The number of aromatic hydroxyl groups is 2. The van der Waals surface area contributed by atoms with Gasteiger partial charge in [-0.25, -0.2) is 0 Å². The molecule has 0 spiro atoms. The number of carbonyl (C=O) groups is 6. The maximum Gasteiger partial charge on any atom is 0.323 e. The van der Waals surface area contributed by atoms with Gasteiger partial charge in [-0.3, -0.25) is 33.3 Å². The first kappa shape index (κ1) is 59.0. The van der Waals surface area contributed by atoms with Crippen molar-refractivity contribution in [3.63, 3.8) is 0 Å². The van der Waals surface area contributed by atoms with Gasteiger partial charge in [0.1, 0.15) is 25.2 Å². The van der Waals surface area contributed by atoms with Gasteiger partial charge in [-0.05, 0) is 83.1 Å². The number of hydrogen-bond acceptors (Lipinski definition) is 16. The Kier molecular flexibility index (Phi) is 20.6. The van der Waals surface area contributed by atoms with Gasteiger partial charge < -0.3 is 64.1 Å². The largest absolute Gasteiger partial charge is 0.494 e. The normalized spacial score (nSPS) is 16.3. The summed E-state index contributed by atoms with van der Waals surface area (Å²) in [4.78, 5) is 79.4. The molecule has 23 heteroatoms. The van der Waals surface area contributed by atoms with Gasteiger partial charge in [0.25, 0.3) is 17.7 Å². The number of fused-ring (bicyclic) bond motifs is 5. The summed E-state index contributed by atoms with van der Waals surface area (Å²) >= 11 is 9.74. The van der Waals surface area contributed by atoms with Crippen molar-refractivity contribution < 1.29 is 76.9 Å². The fourth-order valence-corrected chi connectivity index (χ4v) is 6.51. The van der Waals surface area contributed by atoms with Crippen LogP contribution in [-0.2, 0) is 73.2 Å². The number of esters is 3. The first-order valence-electron chi connectivity index (χ1n) is 22.1. The van der Waals surface area contributed by atoms with Crippen molar-refractivity contribution in [2.24, 2.45) is 5.41 Å². The molecule has 0 aromatic carbocycles. The van der Waals surface area contributed by atoms with Crippen LogP contribution in [0.25, 0.3) is 0 Å². The van der Waals surface area contributed by atoms with E-state index in [0.29, 0.717) is 11.1 Å². The summed E-state index contributed by atoms with van der Waals surface area (Å²) in [5.74, 6) is -4.30. The minimum absolute atomic E-state index is 0.0171. The molecule has 2 aliphatic rings. The van der Waals surface area contributed by atoms with Crippen LogP contribution in [-0.4, -0.2) is 153 Å². The molecule has 1 aromatic heterocycles. The van der Waals surface area contributed by atoms with Crippen LogP contribution in [0.2, 0.25) is 0 Å². The molecule has 2 atom stereocenters. The third-order valence-corrected chi connectivity index (χ3v) is 11.6. The third kappa shape index (κ3) is 16.6. The van der Waals surface area contributed by atoms with Crippen molar-refractivity contribution in [1.29, 1.82) is 0 Å². The molecule has 386 valence electrons. The van der Waals surface area contributed by atoms with Crippen molar-refractivity contribution >= 4 is 83.4 Å². The van der Waals surface area contributed by atoms with Crippen LogP contribution < -0.4 is 16.0 Å². The van der Waals surface area contributed by atoms with E-state index in [2.05, 4.69) is 63.7 Å². The molecular formula is C45H69Br3N4O16. The van der Waals surface area contributed by atoms with E-state index >= 15 is 0 Å². The molecule has 3 rings (SSSR count). The van der Waals surface area contributed by atoms with Crippen LogP contribution in [0.5, 0.6) is 11.8 Å². The average Bonchev–Trinajstić information content (AvgIpc) is 3.91. The SMILES string of the molecule is CC(C)(Br)C(=O)OC(C)(C)C(=O)NCC(CNC(=O)C(C)(C)OC(=O)C(C)(C)Br)(CNC(=O)C(C)(C)OC(=O)C(C)(C)Br)COCCOCCOCCOCCn1c(O)c2c(c1O)C1C=CC2O1. The Morgan fingerprint density at radius 2 is 0.824 bits per heavy atom. The minimum atomic E-state index is -1.68. The smallest absolute Gasteiger partial charge is 0.323 e. The number of nitrogens with one attached hydrogen (secondary N) is 3. The zero-order chi connectivity index (χ0) is 51.7. The fraction of sp³-hybridized carbons (Fsp3) is 0.733. The molecule has 2 unspecified atom stereocenters. The predicted molar refractivity (Wildman–Crippen MR) is 258 cm³/mol. The highest BCUT2D eigenvalue weighted by Gasteiger charge is 2.45. The van der Waals surface area contributed by atoms with E-state index in [1.165, 1.54) is 46.1 Å². The summed E-state index contributed by atoms with van der Waals surface area (Å²) in [5, 5.41) is 29.6. The molecule has 0 radical (unpaired) electrons. The molecule has 2 bridgehead atoms. The monoisotopic (exact) mass is 1160 g/mol. The molecule has 68 heavy (non-hydrogen) atoms. The van der Waals surface area contributed by atoms with E-state index < -0.39 is 70.8 Å². The Morgan fingerprint density at radius 3 is 1.13 bits per heavy atom. The van der Waals surface area contributed by atoms with Crippen LogP contribution in [0.1, 0.15) is 106 Å². The van der Waals surface area contributed by atoms with Gasteiger partial charge in [-0.1, -0.05) is 59.9 Å². The van der Waals surface area contributed by atoms with Crippen molar-refractivity contribution in [1.82, 2.24) is 20.5 Å². The molecule has 0 aliphatic carbocycles. The number of carbonyl (C=O) groups excluding carboxylic acids is 6. The molecule has 2 aliphatic heterocycles. The maximum absolute atomic E-state index is 13.7. The summed E-state index contributed by atoms with van der Waals surface area (Å²) in [6.45, 7) is 18.3. The van der Waals surface area contributed by atoms with Crippen LogP contribution in [0.3, 0.4) is 0 Å². The predicted octanol–water partition coefficient (Wildman–Crippen LogP) is 4.47. The highest BCUT2D eigenvalue weighted by atomic mass is 79.9. The van der Waals surface area contributed by atoms with Crippen molar-refractivity contribution in [3.8, 4) is 11.8 Å². The number of rotatable bonds is 29. The lowest BCUT2D eigenvalue weighted by atomic mass is 9.87. The van der Waals surface area contributed by atoms with Crippen LogP contribution in [0.4, 0.5) is 0 Å². The molecule has 3 amide bonds. The molecule has 20 nitrogen and oxygen atoms in total. The third-order valence-electron chi connectivity index (χ3n) is 10.6. The second-order valence-electron chi connectivity index (χ2n) is 19.5. The molecule has 5 N–H and O–H groups in total. The zero-order valence-corrected chi connectivity index (χ0v) is 45.7. The van der Waals surface area contributed by atoms with E-state index in [0.717, 1.165) is 0 Å². The Balaban J connectivity index is 1.66. The van der Waals surface area contributed by atoms with E-state index in [9.17, 15) is 39.0 Å². The Labute approximate surface area is 423 Å². The topological polar surface area (TPSA) is 258 Å². The van der Waals surface area contributed by atoms with Crippen molar-refractivity contribution in [3.05, 3.63) is 23.3 Å². The van der Waals surface area contributed by atoms with Gasteiger partial charge in [-0.2, -0.15) is 0 Å². The first-order chi connectivity index (χ1) is 31.1. The van der Waals surface area contributed by atoms with E-state index in [-0.39, 0.29) is 103 Å². The Morgan fingerprint density at radius 1 is 0.529 bits per heavy atom. The first-order valence-corrected chi connectivity index (χ1v) is 24.4. The van der Waals surface area contributed by atoms with Gasteiger partial charge in [0.15, 0.2) is 16.8 Å². The summed E-state index contributed by atoms with van der Waals surface area (Å²) in [5.41, 5.74) is -5.21. The molecule has 3 heterocycles. The van der Waals surface area contributed by atoms with Crippen LogP contribution >= 0.6 is 47.8 Å². The Hall–Kier alpha value is -3.32. The number of halogens is 3. The summed E-state index contributed by atoms with van der Waals surface area (Å²) in [6.07, 6.45) is 2.97. The second-order valence-corrected chi connectivity index (χ2v) is 25.5. The van der Waals surface area contributed by atoms with E-state index in [1.54, 1.807) is 41.5 Å². The van der Waals surface area contributed by atoms with Gasteiger partial charge in [0.05, 0.1) is 70.5 Å². The van der Waals surface area contributed by atoms with Gasteiger partial charge in [-0.15, -0.1) is 0 Å². The number of nitrogens with zero attached hydrogens (tertiary/aromatic N) is 1. The number of amides is 3. The minimum Gasteiger partial charge on any atom is -0.494 e. The fourth-order valence-electron chi connectivity index (χ4n) is 6.27. The number of hydrogen-bond donors (Lipinski definition) is 5. The lowest BCUT2D eigenvalue weighted by Gasteiger charge is -2.37. The summed E-state index contributed by atoms with van der Waals surface area (Å²) in [7, 11) is 0. The average molecular weight is 1160 g/mol.